The number of methoxy groups -OCH3 is 1. The molecule has 1 amide bonds. The van der Waals surface area contributed by atoms with E-state index in [-0.39, 0.29) is 5.91 Å². The van der Waals surface area contributed by atoms with E-state index in [2.05, 4.69) is 12.2 Å². The van der Waals surface area contributed by atoms with E-state index in [9.17, 15) is 4.79 Å². The first-order valence-corrected chi connectivity index (χ1v) is 6.60. The molecule has 2 heterocycles. The van der Waals surface area contributed by atoms with Crippen molar-refractivity contribution < 1.29 is 9.53 Å². The van der Waals surface area contributed by atoms with Crippen molar-refractivity contribution in [1.29, 1.82) is 0 Å². The summed E-state index contributed by atoms with van der Waals surface area (Å²) >= 11 is 1.51. The summed E-state index contributed by atoms with van der Waals surface area (Å²) in [6, 6.07) is 2.28. The summed E-state index contributed by atoms with van der Waals surface area (Å²) in [5.41, 5.74) is 0. The van der Waals surface area contributed by atoms with E-state index in [1.165, 1.54) is 11.3 Å². The van der Waals surface area contributed by atoms with E-state index in [1.807, 2.05) is 17.9 Å². The Morgan fingerprint density at radius 2 is 2.41 bits per heavy atom. The molecule has 1 atom stereocenters. The van der Waals surface area contributed by atoms with E-state index in [1.54, 1.807) is 7.11 Å². The van der Waals surface area contributed by atoms with Gasteiger partial charge in [0.2, 0.25) is 0 Å². The molecule has 0 aliphatic carbocycles. The third kappa shape index (κ3) is 2.61. The van der Waals surface area contributed by atoms with Crippen molar-refractivity contribution in [2.45, 2.75) is 19.9 Å². The molecule has 0 bridgehead atoms. The molecule has 1 saturated heterocycles. The first-order valence-electron chi connectivity index (χ1n) is 5.79. The molecule has 0 spiro atoms. The Morgan fingerprint density at radius 1 is 1.65 bits per heavy atom. The van der Waals surface area contributed by atoms with E-state index >= 15 is 0 Å². The van der Waals surface area contributed by atoms with Crippen molar-refractivity contribution in [1.82, 2.24) is 10.2 Å². The monoisotopic (exact) mass is 254 g/mol. The van der Waals surface area contributed by atoms with Crippen molar-refractivity contribution in [3.8, 4) is 5.75 Å². The smallest absolute Gasteiger partial charge is 0.267 e. The topological polar surface area (TPSA) is 41.6 Å². The normalized spacial score (nSPS) is 20.4. The van der Waals surface area contributed by atoms with Gasteiger partial charge in [-0.2, -0.15) is 0 Å². The molecule has 4 nitrogen and oxygen atoms in total. The van der Waals surface area contributed by atoms with Gasteiger partial charge >= 0.3 is 0 Å². The number of nitrogens with one attached hydrogen (secondary N) is 1. The summed E-state index contributed by atoms with van der Waals surface area (Å²) in [7, 11) is 1.61. The summed E-state index contributed by atoms with van der Waals surface area (Å²) in [6.07, 6.45) is 0. The van der Waals surface area contributed by atoms with E-state index in [0.717, 1.165) is 29.4 Å². The first kappa shape index (κ1) is 12.4. The molecule has 0 saturated carbocycles. The van der Waals surface area contributed by atoms with Crippen molar-refractivity contribution in [2.24, 2.45) is 0 Å². The highest BCUT2D eigenvalue weighted by Crippen LogP contribution is 2.30. The second-order valence-electron chi connectivity index (χ2n) is 4.36. The van der Waals surface area contributed by atoms with Gasteiger partial charge in [0.1, 0.15) is 10.6 Å². The quantitative estimate of drug-likeness (QED) is 0.869. The Bertz CT molecular complexity index is 417. The van der Waals surface area contributed by atoms with Gasteiger partial charge in [0.15, 0.2) is 0 Å². The Hall–Kier alpha value is -1.07. The van der Waals surface area contributed by atoms with Gasteiger partial charge in [-0.05, 0) is 19.9 Å². The number of hydrogen-bond donors (Lipinski definition) is 1. The van der Waals surface area contributed by atoms with E-state index in [0.29, 0.717) is 11.8 Å². The second kappa shape index (κ2) is 5.06. The van der Waals surface area contributed by atoms with Gasteiger partial charge in [-0.3, -0.25) is 4.79 Å². The minimum atomic E-state index is 0.0910. The average Bonchev–Trinajstić information content (AvgIpc) is 2.69. The SMILES string of the molecule is COc1cc(C)sc1C(=O)N1CCN[C@H](C)C1. The Labute approximate surface area is 106 Å². The zero-order chi connectivity index (χ0) is 12.4. The third-order valence-electron chi connectivity index (χ3n) is 2.89. The van der Waals surface area contributed by atoms with Crippen molar-refractivity contribution in [3.63, 3.8) is 0 Å². The molecule has 1 aromatic rings. The van der Waals surface area contributed by atoms with Gasteiger partial charge < -0.3 is 15.0 Å². The fraction of sp³-hybridized carbons (Fsp3) is 0.583. The van der Waals surface area contributed by atoms with Gasteiger partial charge in [-0.1, -0.05) is 0 Å². The van der Waals surface area contributed by atoms with Crippen LogP contribution in [0.4, 0.5) is 0 Å². The zero-order valence-electron chi connectivity index (χ0n) is 10.4. The number of rotatable bonds is 2. The Morgan fingerprint density at radius 3 is 3.06 bits per heavy atom. The number of ether oxygens (including phenoxy) is 1. The average molecular weight is 254 g/mol. The zero-order valence-corrected chi connectivity index (χ0v) is 11.3. The molecule has 94 valence electrons. The summed E-state index contributed by atoms with van der Waals surface area (Å²) < 4.78 is 5.25. The molecule has 0 radical (unpaired) electrons. The molecular weight excluding hydrogens is 236 g/mol. The summed E-state index contributed by atoms with van der Waals surface area (Å²) in [5, 5.41) is 3.33. The molecule has 0 unspecified atom stereocenters. The standard InChI is InChI=1S/C12H18N2O2S/c1-8-7-14(5-4-13-8)12(15)11-10(16-3)6-9(2)17-11/h6,8,13H,4-5,7H2,1-3H3/t8-/m1/s1. The summed E-state index contributed by atoms with van der Waals surface area (Å²) in [6.45, 7) is 6.47. The highest BCUT2D eigenvalue weighted by molar-refractivity contribution is 7.14. The minimum Gasteiger partial charge on any atom is -0.495 e. The van der Waals surface area contributed by atoms with Gasteiger partial charge in [0, 0.05) is 30.6 Å². The van der Waals surface area contributed by atoms with E-state index < -0.39 is 0 Å². The molecule has 1 N–H and O–H groups in total. The molecule has 2 rings (SSSR count). The predicted molar refractivity (Wildman–Crippen MR) is 69.0 cm³/mol. The molecule has 17 heavy (non-hydrogen) atoms. The van der Waals surface area contributed by atoms with Crippen LogP contribution in [-0.4, -0.2) is 43.6 Å². The third-order valence-corrected chi connectivity index (χ3v) is 3.91. The lowest BCUT2D eigenvalue weighted by atomic mass is 10.2. The molecule has 1 aromatic heterocycles. The lowest BCUT2D eigenvalue weighted by Crippen LogP contribution is -2.51. The molecule has 1 fully saturated rings. The highest BCUT2D eigenvalue weighted by Gasteiger charge is 2.25. The Kier molecular flexibility index (Phi) is 3.69. The van der Waals surface area contributed by atoms with Crippen LogP contribution in [-0.2, 0) is 0 Å². The fourth-order valence-electron chi connectivity index (χ4n) is 2.05. The van der Waals surface area contributed by atoms with E-state index in [4.69, 9.17) is 4.74 Å². The minimum absolute atomic E-state index is 0.0910. The van der Waals surface area contributed by atoms with Crippen LogP contribution in [0.25, 0.3) is 0 Å². The van der Waals surface area contributed by atoms with Crippen LogP contribution in [0.3, 0.4) is 0 Å². The number of aryl methyl sites for hydroxylation is 1. The fourth-order valence-corrected chi connectivity index (χ4v) is 3.00. The van der Waals surface area contributed by atoms with Crippen molar-refractivity contribution in [2.75, 3.05) is 26.7 Å². The van der Waals surface area contributed by atoms with Crippen LogP contribution in [0.1, 0.15) is 21.5 Å². The van der Waals surface area contributed by atoms with Crippen LogP contribution in [0.5, 0.6) is 5.75 Å². The van der Waals surface area contributed by atoms with Crippen LogP contribution in [0.15, 0.2) is 6.07 Å². The number of hydrogen-bond acceptors (Lipinski definition) is 4. The lowest BCUT2D eigenvalue weighted by Gasteiger charge is -2.31. The van der Waals surface area contributed by atoms with Crippen LogP contribution >= 0.6 is 11.3 Å². The number of thiophene rings is 1. The maximum absolute atomic E-state index is 12.4. The molecule has 1 aliphatic rings. The van der Waals surface area contributed by atoms with Crippen LogP contribution < -0.4 is 10.1 Å². The maximum Gasteiger partial charge on any atom is 0.267 e. The summed E-state index contributed by atoms with van der Waals surface area (Å²) in [5.74, 6) is 0.789. The number of amides is 1. The van der Waals surface area contributed by atoms with Crippen molar-refractivity contribution in [3.05, 3.63) is 15.8 Å². The second-order valence-corrected chi connectivity index (χ2v) is 5.62. The number of piperazine rings is 1. The first-order chi connectivity index (χ1) is 8.11. The van der Waals surface area contributed by atoms with Crippen molar-refractivity contribution >= 4 is 17.2 Å². The van der Waals surface area contributed by atoms with Gasteiger partial charge in [-0.15, -0.1) is 11.3 Å². The lowest BCUT2D eigenvalue weighted by molar-refractivity contribution is 0.0711. The van der Waals surface area contributed by atoms with Gasteiger partial charge in [0.05, 0.1) is 7.11 Å². The maximum atomic E-state index is 12.4. The number of carbonyl (C=O) groups excluding carboxylic acids is 1. The highest BCUT2D eigenvalue weighted by atomic mass is 32.1. The van der Waals surface area contributed by atoms with Gasteiger partial charge in [0.25, 0.3) is 5.91 Å². The number of nitrogens with zero attached hydrogens (tertiary/aromatic N) is 1. The number of carbonyl (C=O) groups is 1. The largest absolute Gasteiger partial charge is 0.495 e. The molecule has 0 aromatic carbocycles. The summed E-state index contributed by atoms with van der Waals surface area (Å²) in [4.78, 5) is 16.1. The molecule has 1 aliphatic heterocycles. The van der Waals surface area contributed by atoms with Crippen LogP contribution in [0.2, 0.25) is 0 Å². The van der Waals surface area contributed by atoms with Crippen LogP contribution in [0, 0.1) is 6.92 Å². The Balaban J connectivity index is 2.18. The molecule has 5 heteroatoms. The molecular formula is C12H18N2O2S. The van der Waals surface area contributed by atoms with Gasteiger partial charge in [-0.25, -0.2) is 0 Å². The predicted octanol–water partition coefficient (Wildman–Crippen LogP) is 1.50.